The molecule has 3 rings (SSSR count). The van der Waals surface area contributed by atoms with E-state index in [0.29, 0.717) is 0 Å². The van der Waals surface area contributed by atoms with Crippen molar-refractivity contribution in [2.75, 3.05) is 0 Å². The number of hydrogen-bond donors (Lipinski definition) is 0. The number of hydrogen-bond acceptors (Lipinski definition) is 2. The molecule has 2 aromatic rings. The van der Waals surface area contributed by atoms with Gasteiger partial charge in [-0.25, -0.2) is 0 Å². The van der Waals surface area contributed by atoms with Gasteiger partial charge in [-0.05, 0) is 48.8 Å². The molecule has 1 fully saturated rings. The van der Waals surface area contributed by atoms with E-state index in [1.165, 1.54) is 56.9 Å². The fraction of sp³-hybridized carbons (Fsp3) is 0.583. The molecule has 1 aliphatic rings. The Balaban J connectivity index is 1.49. The van der Waals surface area contributed by atoms with E-state index in [-0.39, 0.29) is 0 Å². The van der Waals surface area contributed by atoms with Crippen LogP contribution in [0.4, 0.5) is 0 Å². The van der Waals surface area contributed by atoms with Gasteiger partial charge < -0.3 is 0 Å². The van der Waals surface area contributed by atoms with E-state index < -0.39 is 0 Å². The highest BCUT2D eigenvalue weighted by atomic mass is 15.1. The second kappa shape index (κ2) is 9.85. The molecule has 1 heterocycles. The second-order valence-corrected chi connectivity index (χ2v) is 8.07. The first kappa shape index (κ1) is 19.1. The van der Waals surface area contributed by atoms with Crippen LogP contribution in [0.5, 0.6) is 0 Å². The highest BCUT2D eigenvalue weighted by molar-refractivity contribution is 5.58. The van der Waals surface area contributed by atoms with Crippen LogP contribution in [0.2, 0.25) is 0 Å². The van der Waals surface area contributed by atoms with E-state index in [0.717, 1.165) is 41.6 Å². The van der Waals surface area contributed by atoms with Gasteiger partial charge in [-0.3, -0.25) is 0 Å². The molecular weight excluding hydrogens is 316 g/mol. The van der Waals surface area contributed by atoms with Crippen LogP contribution in [0.25, 0.3) is 11.3 Å². The average Bonchev–Trinajstić information content (AvgIpc) is 2.69. The average molecular weight is 351 g/mol. The molecule has 0 bridgehead atoms. The van der Waals surface area contributed by atoms with Gasteiger partial charge in [-0.2, -0.15) is 10.2 Å². The van der Waals surface area contributed by atoms with Crippen molar-refractivity contribution in [2.24, 2.45) is 11.8 Å². The first-order valence-electron chi connectivity index (χ1n) is 10.7. The number of rotatable bonds is 8. The molecule has 0 amide bonds. The molecule has 26 heavy (non-hydrogen) atoms. The Hall–Kier alpha value is -1.70. The molecule has 0 unspecified atom stereocenters. The Morgan fingerprint density at radius 3 is 2.00 bits per heavy atom. The van der Waals surface area contributed by atoms with Crippen molar-refractivity contribution >= 4 is 0 Å². The summed E-state index contributed by atoms with van der Waals surface area (Å²) in [6.07, 6.45) is 13.2. The number of aromatic nitrogens is 2. The van der Waals surface area contributed by atoms with Gasteiger partial charge in [0.05, 0.1) is 11.4 Å². The predicted molar refractivity (Wildman–Crippen MR) is 110 cm³/mol. The van der Waals surface area contributed by atoms with Gasteiger partial charge in [0.2, 0.25) is 0 Å². The van der Waals surface area contributed by atoms with Crippen LogP contribution in [0, 0.1) is 11.8 Å². The van der Waals surface area contributed by atoms with E-state index in [1.54, 1.807) is 0 Å². The van der Waals surface area contributed by atoms with Crippen molar-refractivity contribution in [1.82, 2.24) is 10.2 Å². The summed E-state index contributed by atoms with van der Waals surface area (Å²) in [4.78, 5) is 0. The van der Waals surface area contributed by atoms with Gasteiger partial charge in [0.25, 0.3) is 0 Å². The van der Waals surface area contributed by atoms with Crippen molar-refractivity contribution in [3.63, 3.8) is 0 Å². The topological polar surface area (TPSA) is 25.8 Å². The maximum absolute atomic E-state index is 4.49. The van der Waals surface area contributed by atoms with Crippen molar-refractivity contribution in [2.45, 2.75) is 78.1 Å². The van der Waals surface area contributed by atoms with Crippen LogP contribution in [0.3, 0.4) is 0 Å². The maximum Gasteiger partial charge on any atom is 0.0929 e. The van der Waals surface area contributed by atoms with Crippen LogP contribution < -0.4 is 0 Å². The molecule has 1 aromatic heterocycles. The van der Waals surface area contributed by atoms with Gasteiger partial charge in [0.1, 0.15) is 0 Å². The second-order valence-electron chi connectivity index (χ2n) is 8.07. The minimum absolute atomic E-state index is 0.899. The van der Waals surface area contributed by atoms with E-state index in [1.807, 2.05) is 0 Å². The third kappa shape index (κ3) is 5.40. The predicted octanol–water partition coefficient (Wildman–Crippen LogP) is 6.64. The van der Waals surface area contributed by atoms with Crippen molar-refractivity contribution < 1.29 is 0 Å². The minimum atomic E-state index is 0.899. The normalized spacial score (nSPS) is 20.2. The zero-order valence-corrected chi connectivity index (χ0v) is 16.6. The summed E-state index contributed by atoms with van der Waals surface area (Å²) < 4.78 is 0. The van der Waals surface area contributed by atoms with Crippen LogP contribution >= 0.6 is 0 Å². The quantitative estimate of drug-likeness (QED) is 0.533. The monoisotopic (exact) mass is 350 g/mol. The standard InChI is InChI=1S/C24H34N2/c1-3-5-19-7-9-21(10-8-19)13-16-23-17-18-24(26-25-23)22-14-11-20(6-4-2)12-15-22/h11-12,14-15,17-19,21H,3-10,13,16H2,1-2H3. The Morgan fingerprint density at radius 2 is 1.42 bits per heavy atom. The highest BCUT2D eigenvalue weighted by Gasteiger charge is 2.20. The minimum Gasteiger partial charge on any atom is -0.155 e. The van der Waals surface area contributed by atoms with E-state index >= 15 is 0 Å². The van der Waals surface area contributed by atoms with Crippen molar-refractivity contribution in [3.8, 4) is 11.3 Å². The van der Waals surface area contributed by atoms with Crippen LogP contribution in [0.1, 0.15) is 76.5 Å². The molecule has 2 heteroatoms. The summed E-state index contributed by atoms with van der Waals surface area (Å²) >= 11 is 0. The van der Waals surface area contributed by atoms with Gasteiger partial charge in [-0.15, -0.1) is 0 Å². The summed E-state index contributed by atoms with van der Waals surface area (Å²) in [5.74, 6) is 1.90. The number of aryl methyl sites for hydroxylation is 2. The zero-order chi connectivity index (χ0) is 18.2. The summed E-state index contributed by atoms with van der Waals surface area (Å²) in [6.45, 7) is 4.53. The molecule has 0 aliphatic heterocycles. The Labute approximate surface area is 159 Å². The molecule has 0 spiro atoms. The molecule has 0 atom stereocenters. The van der Waals surface area contributed by atoms with E-state index in [2.05, 4.69) is 60.4 Å². The zero-order valence-electron chi connectivity index (χ0n) is 16.6. The highest BCUT2D eigenvalue weighted by Crippen LogP contribution is 2.33. The largest absolute Gasteiger partial charge is 0.155 e. The molecule has 1 aliphatic carbocycles. The third-order valence-electron chi connectivity index (χ3n) is 5.98. The van der Waals surface area contributed by atoms with Crippen LogP contribution in [-0.4, -0.2) is 10.2 Å². The van der Waals surface area contributed by atoms with Gasteiger partial charge in [-0.1, -0.05) is 83.1 Å². The lowest BCUT2D eigenvalue weighted by atomic mass is 9.78. The van der Waals surface area contributed by atoms with E-state index in [4.69, 9.17) is 0 Å². The lowest BCUT2D eigenvalue weighted by molar-refractivity contribution is 0.252. The number of benzene rings is 1. The van der Waals surface area contributed by atoms with E-state index in [9.17, 15) is 0 Å². The van der Waals surface area contributed by atoms with Crippen molar-refractivity contribution in [3.05, 3.63) is 47.7 Å². The molecular formula is C24H34N2. The number of nitrogens with zero attached hydrogens (tertiary/aromatic N) is 2. The van der Waals surface area contributed by atoms with Gasteiger partial charge >= 0.3 is 0 Å². The van der Waals surface area contributed by atoms with Crippen LogP contribution in [0.15, 0.2) is 36.4 Å². The van der Waals surface area contributed by atoms with Gasteiger partial charge in [0.15, 0.2) is 0 Å². The molecule has 0 saturated heterocycles. The molecule has 0 N–H and O–H groups in total. The molecule has 2 nitrogen and oxygen atoms in total. The smallest absolute Gasteiger partial charge is 0.0929 e. The van der Waals surface area contributed by atoms with Gasteiger partial charge in [0, 0.05) is 5.56 Å². The lowest BCUT2D eigenvalue weighted by Gasteiger charge is -2.28. The summed E-state index contributed by atoms with van der Waals surface area (Å²) in [5, 5.41) is 8.97. The first-order chi connectivity index (χ1) is 12.8. The summed E-state index contributed by atoms with van der Waals surface area (Å²) in [7, 11) is 0. The molecule has 140 valence electrons. The first-order valence-corrected chi connectivity index (χ1v) is 10.7. The molecule has 0 radical (unpaired) electrons. The lowest BCUT2D eigenvalue weighted by Crippen LogP contribution is -2.15. The Kier molecular flexibility index (Phi) is 7.22. The Morgan fingerprint density at radius 1 is 0.731 bits per heavy atom. The molecule has 1 saturated carbocycles. The van der Waals surface area contributed by atoms with Crippen LogP contribution in [-0.2, 0) is 12.8 Å². The SMILES string of the molecule is CCCc1ccc(-c2ccc(CCC3CCC(CCC)CC3)nn2)cc1. The van der Waals surface area contributed by atoms with Crippen molar-refractivity contribution in [1.29, 1.82) is 0 Å². The fourth-order valence-electron chi connectivity index (χ4n) is 4.35. The third-order valence-corrected chi connectivity index (χ3v) is 5.98. The summed E-state index contributed by atoms with van der Waals surface area (Å²) in [6, 6.07) is 13.1. The summed E-state index contributed by atoms with van der Waals surface area (Å²) in [5.41, 5.74) is 4.69. The Bertz CT molecular complexity index is 637. The molecule has 1 aromatic carbocycles. The fourth-order valence-corrected chi connectivity index (χ4v) is 4.35. The maximum atomic E-state index is 4.49.